The third kappa shape index (κ3) is 3.47. The van der Waals surface area contributed by atoms with Crippen LogP contribution in [0.1, 0.15) is 10.5 Å². The first-order valence-electron chi connectivity index (χ1n) is 6.26. The molecule has 106 valence electrons. The zero-order valence-corrected chi connectivity index (χ0v) is 11.6. The Bertz CT molecular complexity index is 592. The summed E-state index contributed by atoms with van der Waals surface area (Å²) >= 11 is 0. The highest BCUT2D eigenvalue weighted by Crippen LogP contribution is 2.09. The van der Waals surface area contributed by atoms with Gasteiger partial charge in [0, 0.05) is 38.7 Å². The van der Waals surface area contributed by atoms with Crippen molar-refractivity contribution in [3.8, 4) is 0 Å². The normalized spacial score (nSPS) is 10.3. The molecule has 0 saturated carbocycles. The van der Waals surface area contributed by atoms with Gasteiger partial charge in [0.1, 0.15) is 5.69 Å². The molecule has 20 heavy (non-hydrogen) atoms. The Hall–Kier alpha value is -2.57. The van der Waals surface area contributed by atoms with Crippen molar-refractivity contribution in [1.29, 1.82) is 0 Å². The number of amides is 1. The van der Waals surface area contributed by atoms with Crippen molar-refractivity contribution in [2.24, 2.45) is 0 Å². The van der Waals surface area contributed by atoms with Crippen molar-refractivity contribution in [3.05, 3.63) is 36.4 Å². The molecule has 0 aliphatic heterocycles. The fourth-order valence-corrected chi connectivity index (χ4v) is 1.70. The summed E-state index contributed by atoms with van der Waals surface area (Å²) in [6, 6.07) is 3.56. The van der Waals surface area contributed by atoms with Gasteiger partial charge in [-0.1, -0.05) is 0 Å². The Morgan fingerprint density at radius 1 is 1.50 bits per heavy atom. The van der Waals surface area contributed by atoms with Gasteiger partial charge in [0.15, 0.2) is 0 Å². The smallest absolute Gasteiger partial charge is 0.272 e. The van der Waals surface area contributed by atoms with Gasteiger partial charge in [-0.05, 0) is 12.1 Å². The van der Waals surface area contributed by atoms with E-state index in [2.05, 4.69) is 15.4 Å². The lowest BCUT2D eigenvalue weighted by molar-refractivity contribution is 0.0822. The van der Waals surface area contributed by atoms with Crippen LogP contribution in [0.4, 0.5) is 11.4 Å². The van der Waals surface area contributed by atoms with Crippen molar-refractivity contribution in [3.63, 3.8) is 0 Å². The van der Waals surface area contributed by atoms with Gasteiger partial charge in [0.05, 0.1) is 18.4 Å². The van der Waals surface area contributed by atoms with E-state index < -0.39 is 0 Å². The summed E-state index contributed by atoms with van der Waals surface area (Å²) in [4.78, 5) is 17.4. The minimum atomic E-state index is -0.117. The molecule has 0 aromatic carbocycles. The highest BCUT2D eigenvalue weighted by atomic mass is 16.2. The van der Waals surface area contributed by atoms with Gasteiger partial charge in [-0.2, -0.15) is 5.10 Å². The van der Waals surface area contributed by atoms with Gasteiger partial charge in [0.25, 0.3) is 5.91 Å². The number of anilines is 2. The maximum absolute atomic E-state index is 11.8. The van der Waals surface area contributed by atoms with Gasteiger partial charge in [-0.15, -0.1) is 0 Å². The molecule has 0 radical (unpaired) electrons. The van der Waals surface area contributed by atoms with Crippen LogP contribution in [0.3, 0.4) is 0 Å². The van der Waals surface area contributed by atoms with Crippen LogP contribution >= 0.6 is 0 Å². The van der Waals surface area contributed by atoms with Crippen LogP contribution in [0.2, 0.25) is 0 Å². The predicted octanol–water partition coefficient (Wildman–Crippen LogP) is 0.674. The highest BCUT2D eigenvalue weighted by Gasteiger charge is 2.09. The molecule has 0 aliphatic carbocycles. The molecular weight excluding hydrogens is 256 g/mol. The molecule has 7 nitrogen and oxygen atoms in total. The van der Waals surface area contributed by atoms with Crippen molar-refractivity contribution >= 4 is 17.3 Å². The molecule has 2 aromatic heterocycles. The lowest BCUT2D eigenvalue weighted by atomic mass is 10.3. The molecule has 0 fully saturated rings. The van der Waals surface area contributed by atoms with Crippen molar-refractivity contribution < 1.29 is 4.79 Å². The van der Waals surface area contributed by atoms with E-state index >= 15 is 0 Å². The molecule has 3 N–H and O–H groups in total. The van der Waals surface area contributed by atoms with Crippen LogP contribution in [0.25, 0.3) is 0 Å². The van der Waals surface area contributed by atoms with Gasteiger partial charge < -0.3 is 16.0 Å². The van der Waals surface area contributed by atoms with E-state index in [4.69, 9.17) is 5.73 Å². The number of nitrogens with two attached hydrogens (primary N) is 1. The number of carbonyl (C=O) groups excluding carboxylic acids is 1. The topological polar surface area (TPSA) is 89.1 Å². The zero-order valence-electron chi connectivity index (χ0n) is 11.6. The van der Waals surface area contributed by atoms with Gasteiger partial charge in [-0.25, -0.2) is 0 Å². The third-order valence-electron chi connectivity index (χ3n) is 2.71. The average molecular weight is 274 g/mol. The lowest BCUT2D eigenvalue weighted by Gasteiger charge is -2.11. The zero-order chi connectivity index (χ0) is 14.5. The Morgan fingerprint density at radius 2 is 2.30 bits per heavy atom. The van der Waals surface area contributed by atoms with Crippen LogP contribution in [0, 0.1) is 0 Å². The van der Waals surface area contributed by atoms with E-state index in [-0.39, 0.29) is 5.91 Å². The second kappa shape index (κ2) is 6.05. The van der Waals surface area contributed by atoms with E-state index in [1.54, 1.807) is 43.4 Å². The monoisotopic (exact) mass is 274 g/mol. The van der Waals surface area contributed by atoms with Crippen LogP contribution in [0.5, 0.6) is 0 Å². The molecule has 0 unspecified atom stereocenters. The first-order valence-corrected chi connectivity index (χ1v) is 6.26. The van der Waals surface area contributed by atoms with E-state index in [1.807, 2.05) is 6.07 Å². The highest BCUT2D eigenvalue weighted by molar-refractivity contribution is 5.92. The minimum Gasteiger partial charge on any atom is -0.396 e. The fourth-order valence-electron chi connectivity index (χ4n) is 1.70. The predicted molar refractivity (Wildman–Crippen MR) is 77.4 cm³/mol. The van der Waals surface area contributed by atoms with E-state index in [9.17, 15) is 4.79 Å². The number of nitrogens with one attached hydrogen (secondary N) is 1. The number of hydrogen-bond donors (Lipinski definition) is 2. The summed E-state index contributed by atoms with van der Waals surface area (Å²) in [5.74, 6) is -0.117. The molecule has 2 heterocycles. The lowest BCUT2D eigenvalue weighted by Crippen LogP contribution is -2.22. The van der Waals surface area contributed by atoms with Gasteiger partial charge >= 0.3 is 0 Å². The van der Waals surface area contributed by atoms with E-state index in [0.717, 1.165) is 5.69 Å². The number of pyridine rings is 1. The van der Waals surface area contributed by atoms with Crippen LogP contribution in [0.15, 0.2) is 30.7 Å². The Balaban J connectivity index is 1.93. The second-order valence-corrected chi connectivity index (χ2v) is 4.59. The maximum atomic E-state index is 11.8. The number of hydrogen-bond acceptors (Lipinski definition) is 5. The number of nitrogens with zero attached hydrogens (tertiary/aromatic N) is 4. The molecular formula is C13H18N6O. The van der Waals surface area contributed by atoms with Crippen molar-refractivity contribution in [2.45, 2.75) is 6.54 Å². The molecule has 0 aliphatic rings. The minimum absolute atomic E-state index is 0.117. The van der Waals surface area contributed by atoms with Crippen molar-refractivity contribution in [2.75, 3.05) is 31.7 Å². The first kappa shape index (κ1) is 13.9. The van der Waals surface area contributed by atoms with E-state index in [1.165, 1.54) is 4.90 Å². The summed E-state index contributed by atoms with van der Waals surface area (Å²) in [6.45, 7) is 1.37. The third-order valence-corrected chi connectivity index (χ3v) is 2.71. The van der Waals surface area contributed by atoms with Crippen LogP contribution in [-0.2, 0) is 6.54 Å². The maximum Gasteiger partial charge on any atom is 0.272 e. The van der Waals surface area contributed by atoms with E-state index in [0.29, 0.717) is 24.5 Å². The molecule has 2 aromatic rings. The molecule has 7 heteroatoms. The SMILES string of the molecule is CN(C)C(=O)c1cc(NCCn2cc(N)cn2)ccn1. The number of carbonyl (C=O) groups is 1. The molecule has 0 saturated heterocycles. The standard InChI is InChI=1S/C13H18N6O/c1-18(2)13(20)12-7-11(3-4-16-12)15-5-6-19-9-10(14)8-17-19/h3-4,7-9H,5-6,14H2,1-2H3,(H,15,16). The largest absolute Gasteiger partial charge is 0.396 e. The number of rotatable bonds is 5. The summed E-state index contributed by atoms with van der Waals surface area (Å²) in [7, 11) is 3.40. The quantitative estimate of drug-likeness (QED) is 0.836. The Morgan fingerprint density at radius 3 is 2.95 bits per heavy atom. The molecule has 1 amide bonds. The summed E-state index contributed by atoms with van der Waals surface area (Å²) in [5, 5.41) is 7.32. The van der Waals surface area contributed by atoms with Crippen molar-refractivity contribution in [1.82, 2.24) is 19.7 Å². The molecule has 0 atom stereocenters. The Kier molecular flexibility index (Phi) is 4.19. The summed E-state index contributed by atoms with van der Waals surface area (Å²) < 4.78 is 1.76. The van der Waals surface area contributed by atoms with Gasteiger partial charge in [-0.3, -0.25) is 14.5 Å². The van der Waals surface area contributed by atoms with Crippen LogP contribution in [-0.4, -0.2) is 46.2 Å². The van der Waals surface area contributed by atoms with Crippen LogP contribution < -0.4 is 11.1 Å². The first-order chi connectivity index (χ1) is 9.56. The summed E-state index contributed by atoms with van der Waals surface area (Å²) in [5.41, 5.74) is 7.51. The average Bonchev–Trinajstić information content (AvgIpc) is 2.84. The summed E-state index contributed by atoms with van der Waals surface area (Å²) in [6.07, 6.45) is 5.00. The van der Waals surface area contributed by atoms with Gasteiger partial charge in [0.2, 0.25) is 0 Å². The molecule has 0 spiro atoms. The molecule has 0 bridgehead atoms. The Labute approximate surface area is 117 Å². The molecule has 2 rings (SSSR count). The number of nitrogen functional groups attached to an aromatic ring is 1. The second-order valence-electron chi connectivity index (χ2n) is 4.59. The fraction of sp³-hybridized carbons (Fsp3) is 0.308. The number of aromatic nitrogens is 3.